The molecule has 0 atom stereocenters. The van der Waals surface area contributed by atoms with Crippen molar-refractivity contribution in [2.24, 2.45) is 0 Å². The van der Waals surface area contributed by atoms with Crippen molar-refractivity contribution in [2.45, 2.75) is 77.8 Å². The van der Waals surface area contributed by atoms with E-state index in [-0.39, 0.29) is 10.1 Å². The highest BCUT2D eigenvalue weighted by Crippen LogP contribution is 2.52. The summed E-state index contributed by atoms with van der Waals surface area (Å²) in [5.74, 6) is 1.77. The van der Waals surface area contributed by atoms with Crippen LogP contribution < -0.4 is 18.5 Å². The largest absolute Gasteiger partial charge is 0.497 e. The summed E-state index contributed by atoms with van der Waals surface area (Å²) in [7, 11) is -0.0260. The summed E-state index contributed by atoms with van der Waals surface area (Å²) in [6, 6.07) is 22.3. The third kappa shape index (κ3) is 5.35. The highest BCUT2D eigenvalue weighted by atomic mass is 32.1. The van der Waals surface area contributed by atoms with Crippen LogP contribution in [0.15, 0.2) is 72.8 Å². The molecule has 2 aliphatic rings. The maximum Gasteiger partial charge on any atom is 0.118 e. The molecule has 2 aliphatic carbocycles. The van der Waals surface area contributed by atoms with E-state index in [1.54, 1.807) is 23.2 Å². The van der Waals surface area contributed by atoms with Crippen LogP contribution in [0.5, 0.6) is 11.5 Å². The lowest BCUT2D eigenvalue weighted by Crippen LogP contribution is -2.47. The first-order valence-electron chi connectivity index (χ1n) is 16.2. The Hall–Kier alpha value is -2.91. The first kappa shape index (κ1) is 33.0. The lowest BCUT2D eigenvalue weighted by molar-refractivity contribution is 0.414. The molecule has 240 valence electrons. The molecular weight excluding hydrogens is 633 g/mol. The predicted octanol–water partition coefficient (Wildman–Crippen LogP) is 11.1. The van der Waals surface area contributed by atoms with Gasteiger partial charge in [-0.1, -0.05) is 92.0 Å². The molecule has 2 nitrogen and oxygen atoms in total. The number of hydrogen-bond donors (Lipinski definition) is 0. The molecule has 0 N–H and O–H groups in total. The van der Waals surface area contributed by atoms with Crippen molar-refractivity contribution < 1.29 is 9.47 Å². The number of ether oxygens (including phenoxy) is 2. The van der Waals surface area contributed by atoms with Crippen LogP contribution >= 0.6 is 22.7 Å². The first-order valence-corrected chi connectivity index (χ1v) is 23.9. The minimum absolute atomic E-state index is 0.261. The zero-order valence-corrected chi connectivity index (χ0v) is 33.2. The number of allylic oxidation sites excluding steroid dienone is 4. The lowest BCUT2D eigenvalue weighted by Gasteiger charge is -2.36. The van der Waals surface area contributed by atoms with Crippen molar-refractivity contribution in [2.75, 3.05) is 14.2 Å². The Balaban J connectivity index is 1.63. The Morgan fingerprint density at radius 3 is 1.13 bits per heavy atom. The van der Waals surface area contributed by atoms with Gasteiger partial charge in [0.25, 0.3) is 0 Å². The Kier molecular flexibility index (Phi) is 8.15. The molecule has 0 saturated heterocycles. The molecule has 2 aromatic carbocycles. The second-order valence-electron chi connectivity index (χ2n) is 15.9. The first-order chi connectivity index (χ1) is 21.5. The standard InChI is InChI=1S/C40H48O2S2Si2/c1-39(2,3)45(9,10)35-23-33-29(25-13-17-27(41-7)18-14-25)21-31(37(33)43-35)32-22-30(26-15-19-28(42-8)20-16-26)34-24-36(44-38(32)34)46(11,12)40(4,5)6/h13-24H,1-12H3/b32-31-. The summed E-state index contributed by atoms with van der Waals surface area (Å²) >= 11 is 4.09. The van der Waals surface area contributed by atoms with Crippen LogP contribution in [-0.2, 0) is 0 Å². The van der Waals surface area contributed by atoms with Gasteiger partial charge in [0.1, 0.15) is 11.5 Å². The van der Waals surface area contributed by atoms with Gasteiger partial charge in [-0.3, -0.25) is 0 Å². The van der Waals surface area contributed by atoms with E-state index in [1.165, 1.54) is 54.3 Å². The Morgan fingerprint density at radius 1 is 0.522 bits per heavy atom. The van der Waals surface area contributed by atoms with Crippen LogP contribution in [0.1, 0.15) is 73.6 Å². The third-order valence-corrected chi connectivity index (χ3v) is 27.1. The van der Waals surface area contributed by atoms with Crippen molar-refractivity contribution in [3.05, 3.63) is 105 Å². The molecule has 6 rings (SSSR count). The number of hydrogen-bond acceptors (Lipinski definition) is 4. The van der Waals surface area contributed by atoms with E-state index in [2.05, 4.69) is 141 Å². The summed E-state index contributed by atoms with van der Waals surface area (Å²) < 4.78 is 14.2. The topological polar surface area (TPSA) is 18.5 Å². The van der Waals surface area contributed by atoms with Gasteiger partial charge in [-0.15, -0.1) is 22.7 Å². The van der Waals surface area contributed by atoms with Gasteiger partial charge >= 0.3 is 0 Å². The van der Waals surface area contributed by atoms with Crippen molar-refractivity contribution >= 4 is 70.1 Å². The molecule has 6 heteroatoms. The molecule has 2 aromatic heterocycles. The van der Waals surface area contributed by atoms with E-state index in [9.17, 15) is 0 Å². The van der Waals surface area contributed by atoms with Crippen molar-refractivity contribution in [1.29, 1.82) is 0 Å². The van der Waals surface area contributed by atoms with Gasteiger partial charge in [0.2, 0.25) is 0 Å². The average Bonchev–Trinajstić information content (AvgIpc) is 3.77. The van der Waals surface area contributed by atoms with Gasteiger partial charge in [-0.2, -0.15) is 0 Å². The number of fused-ring (bicyclic) bond motifs is 2. The second kappa shape index (κ2) is 11.4. The zero-order valence-electron chi connectivity index (χ0n) is 29.6. The Labute approximate surface area is 286 Å². The molecular formula is C40H48O2S2Si2. The average molecular weight is 681 g/mol. The van der Waals surface area contributed by atoms with E-state index in [4.69, 9.17) is 9.47 Å². The lowest BCUT2D eigenvalue weighted by atomic mass is 10.0. The van der Waals surface area contributed by atoms with Gasteiger partial charge in [-0.05, 0) is 89.9 Å². The zero-order chi connectivity index (χ0) is 33.4. The number of methoxy groups -OCH3 is 2. The van der Waals surface area contributed by atoms with Gasteiger partial charge in [0.15, 0.2) is 0 Å². The number of thiophene rings is 2. The van der Waals surface area contributed by atoms with E-state index in [0.717, 1.165) is 11.5 Å². The summed E-state index contributed by atoms with van der Waals surface area (Å²) in [5.41, 5.74) is 10.6. The molecule has 2 heterocycles. The van der Waals surface area contributed by atoms with Gasteiger partial charge < -0.3 is 9.47 Å². The third-order valence-electron chi connectivity index (χ3n) is 11.2. The minimum atomic E-state index is -1.75. The monoisotopic (exact) mass is 680 g/mol. The molecule has 0 spiro atoms. The molecule has 46 heavy (non-hydrogen) atoms. The molecule has 0 radical (unpaired) electrons. The fraction of sp³-hybridized carbons (Fsp3) is 0.350. The predicted molar refractivity (Wildman–Crippen MR) is 209 cm³/mol. The van der Waals surface area contributed by atoms with Crippen LogP contribution in [0, 0.1) is 0 Å². The van der Waals surface area contributed by atoms with Gasteiger partial charge in [-0.25, -0.2) is 0 Å². The fourth-order valence-corrected chi connectivity index (χ4v) is 14.8. The van der Waals surface area contributed by atoms with E-state index < -0.39 is 16.1 Å². The van der Waals surface area contributed by atoms with Crippen molar-refractivity contribution in [3.8, 4) is 11.5 Å². The molecule has 0 fully saturated rings. The number of benzene rings is 2. The van der Waals surface area contributed by atoms with E-state index >= 15 is 0 Å². The minimum Gasteiger partial charge on any atom is -0.497 e. The highest BCUT2D eigenvalue weighted by molar-refractivity contribution is 7.29. The van der Waals surface area contributed by atoms with Gasteiger partial charge in [0, 0.05) is 32.0 Å². The van der Waals surface area contributed by atoms with E-state index in [1.807, 2.05) is 22.7 Å². The normalized spacial score (nSPS) is 16.7. The molecule has 0 unspecified atom stereocenters. The summed E-state index contributed by atoms with van der Waals surface area (Å²) in [4.78, 5) is 2.84. The van der Waals surface area contributed by atoms with Crippen LogP contribution in [0.25, 0.3) is 22.3 Å². The summed E-state index contributed by atoms with van der Waals surface area (Å²) in [6.07, 6.45) is 4.94. The quantitative estimate of drug-likeness (QED) is 0.189. The van der Waals surface area contributed by atoms with Crippen LogP contribution in [0.3, 0.4) is 0 Å². The Morgan fingerprint density at radius 2 is 0.848 bits per heavy atom. The Bertz CT molecular complexity index is 1760. The van der Waals surface area contributed by atoms with Crippen LogP contribution in [0.4, 0.5) is 0 Å². The molecule has 0 bridgehead atoms. The van der Waals surface area contributed by atoms with Crippen molar-refractivity contribution in [3.63, 3.8) is 0 Å². The molecule has 4 aromatic rings. The molecule has 0 aliphatic heterocycles. The molecule has 0 saturated carbocycles. The highest BCUT2D eigenvalue weighted by Gasteiger charge is 2.42. The smallest absolute Gasteiger partial charge is 0.118 e. The molecule has 0 amide bonds. The summed E-state index contributed by atoms with van der Waals surface area (Å²) in [6.45, 7) is 24.7. The van der Waals surface area contributed by atoms with Gasteiger partial charge in [0.05, 0.1) is 30.4 Å². The van der Waals surface area contributed by atoms with E-state index in [0.29, 0.717) is 0 Å². The summed E-state index contributed by atoms with van der Waals surface area (Å²) in [5, 5.41) is 0.521. The number of rotatable bonds is 6. The second-order valence-corrected chi connectivity index (χ2v) is 29.3. The maximum atomic E-state index is 5.52. The fourth-order valence-electron chi connectivity index (χ4n) is 5.93. The van der Waals surface area contributed by atoms with Crippen LogP contribution in [0.2, 0.25) is 36.3 Å². The van der Waals surface area contributed by atoms with Crippen molar-refractivity contribution in [1.82, 2.24) is 0 Å². The van der Waals surface area contributed by atoms with Crippen LogP contribution in [-0.4, -0.2) is 30.4 Å². The SMILES string of the molecule is COc1ccc(C2=C/C(=C3\C=C(c4ccc(OC)cc4)c4cc([Si](C)(C)C(C)(C)C)sc43)c3sc([Si](C)(C)C(C)(C)C)cc32)cc1. The maximum absolute atomic E-state index is 5.52.